The molecule has 0 rings (SSSR count). The second kappa shape index (κ2) is 43.0. The van der Waals surface area contributed by atoms with Crippen LogP contribution in [0.2, 0.25) is 0 Å². The van der Waals surface area contributed by atoms with Gasteiger partial charge in [0, 0.05) is 0 Å². The number of hydrogen-bond donors (Lipinski definition) is 0. The summed E-state index contributed by atoms with van der Waals surface area (Å²) in [5, 5.41) is 0. The van der Waals surface area contributed by atoms with E-state index < -0.39 is 0 Å². The molecule has 0 aliphatic heterocycles. The van der Waals surface area contributed by atoms with Crippen molar-refractivity contribution in [1.29, 1.82) is 0 Å². The molecule has 1 atom stereocenters. The van der Waals surface area contributed by atoms with Crippen molar-refractivity contribution in [3.63, 3.8) is 0 Å². The molecule has 0 heterocycles. The zero-order valence-electron chi connectivity index (χ0n) is 33.3. The van der Waals surface area contributed by atoms with Gasteiger partial charge in [-0.1, -0.05) is 290 Å². The third-order valence-corrected chi connectivity index (χ3v) is 11.1. The molecule has 0 bridgehead atoms. The summed E-state index contributed by atoms with van der Waals surface area (Å²) in [7, 11) is 0. The van der Waals surface area contributed by atoms with Gasteiger partial charge < -0.3 is 0 Å². The van der Waals surface area contributed by atoms with Crippen LogP contribution in [0, 0.1) is 5.92 Å². The van der Waals surface area contributed by atoms with E-state index in [0.717, 1.165) is 5.92 Å². The normalized spacial score (nSPS) is 12.3. The van der Waals surface area contributed by atoms with E-state index in [1.54, 1.807) is 0 Å². The summed E-state index contributed by atoms with van der Waals surface area (Å²) in [5.74, 6) is 1.04. The molecule has 0 aromatic heterocycles. The highest BCUT2D eigenvalue weighted by molar-refractivity contribution is 4.63. The van der Waals surface area contributed by atoms with Crippen LogP contribution in [-0.4, -0.2) is 0 Å². The topological polar surface area (TPSA) is 0 Å². The Morgan fingerprint density at radius 2 is 0.304 bits per heavy atom. The predicted octanol–water partition coefficient (Wildman–Crippen LogP) is 18.0. The minimum atomic E-state index is 1.04. The first-order valence-electron chi connectivity index (χ1n) is 22.8. The van der Waals surface area contributed by atoms with Crippen LogP contribution in [0.25, 0.3) is 0 Å². The fourth-order valence-electron chi connectivity index (χ4n) is 7.79. The lowest BCUT2D eigenvalue weighted by Crippen LogP contribution is -2.01. The molecule has 0 N–H and O–H groups in total. The monoisotopic (exact) mass is 647 g/mol. The minimum Gasteiger partial charge on any atom is -0.0654 e. The maximum atomic E-state index is 2.33. The number of hydrogen-bond acceptors (Lipinski definition) is 0. The van der Waals surface area contributed by atoms with Gasteiger partial charge in [-0.05, 0) is 5.92 Å². The molecule has 0 fully saturated rings. The first-order chi connectivity index (χ1) is 22.8. The van der Waals surface area contributed by atoms with E-state index in [1.165, 1.54) is 270 Å². The van der Waals surface area contributed by atoms with Gasteiger partial charge in [0.1, 0.15) is 0 Å². The maximum absolute atomic E-state index is 2.33. The Morgan fingerprint density at radius 1 is 0.174 bits per heavy atom. The van der Waals surface area contributed by atoms with E-state index in [1.807, 2.05) is 0 Å². The van der Waals surface area contributed by atoms with Gasteiger partial charge in [0.15, 0.2) is 0 Å². The molecule has 0 aliphatic rings. The fraction of sp³-hybridized carbons (Fsp3) is 1.00. The largest absolute Gasteiger partial charge is 0.0654 e. The highest BCUT2D eigenvalue weighted by Crippen LogP contribution is 2.25. The Balaban J connectivity index is 3.88. The summed E-state index contributed by atoms with van der Waals surface area (Å²) in [6.45, 7) is 6.96. The SMILES string of the molecule is CCCCCCCCCCCCCCCCCC(CCCCCCCCCCCC)CCCCCCCCCCCCCCCC. The highest BCUT2D eigenvalue weighted by Gasteiger charge is 2.09. The smallest absolute Gasteiger partial charge is 0.0414 e. The molecule has 0 heteroatoms. The Morgan fingerprint density at radius 3 is 0.457 bits per heavy atom. The summed E-state index contributed by atoms with van der Waals surface area (Å²) in [4.78, 5) is 0. The van der Waals surface area contributed by atoms with E-state index in [9.17, 15) is 0 Å². The average Bonchev–Trinajstić information content (AvgIpc) is 3.07. The average molecular weight is 647 g/mol. The van der Waals surface area contributed by atoms with E-state index >= 15 is 0 Å². The third kappa shape index (κ3) is 40.2. The van der Waals surface area contributed by atoms with Crippen LogP contribution in [0.1, 0.15) is 290 Å². The van der Waals surface area contributed by atoms with Crippen molar-refractivity contribution in [2.45, 2.75) is 290 Å². The third-order valence-electron chi connectivity index (χ3n) is 11.1. The lowest BCUT2D eigenvalue weighted by Gasteiger charge is -2.17. The van der Waals surface area contributed by atoms with Crippen LogP contribution < -0.4 is 0 Å². The first-order valence-corrected chi connectivity index (χ1v) is 22.8. The van der Waals surface area contributed by atoms with Crippen molar-refractivity contribution in [3.8, 4) is 0 Å². The molecule has 0 aliphatic carbocycles. The van der Waals surface area contributed by atoms with Crippen LogP contribution in [0.15, 0.2) is 0 Å². The summed E-state index contributed by atoms with van der Waals surface area (Å²) < 4.78 is 0. The molecular formula is C46H94. The predicted molar refractivity (Wildman–Crippen MR) is 214 cm³/mol. The van der Waals surface area contributed by atoms with Gasteiger partial charge in [-0.3, -0.25) is 0 Å². The zero-order valence-corrected chi connectivity index (χ0v) is 33.3. The Hall–Kier alpha value is 0. The molecule has 46 heavy (non-hydrogen) atoms. The molecule has 0 nitrogen and oxygen atoms in total. The maximum Gasteiger partial charge on any atom is -0.0414 e. The van der Waals surface area contributed by atoms with Gasteiger partial charge in [0.05, 0.1) is 0 Å². The Labute approximate surface area is 295 Å². The second-order valence-corrected chi connectivity index (χ2v) is 16.0. The van der Waals surface area contributed by atoms with Gasteiger partial charge in [0.2, 0.25) is 0 Å². The van der Waals surface area contributed by atoms with Crippen molar-refractivity contribution in [2.24, 2.45) is 5.92 Å². The molecule has 0 aromatic rings. The van der Waals surface area contributed by atoms with Gasteiger partial charge in [0.25, 0.3) is 0 Å². The highest BCUT2D eigenvalue weighted by atomic mass is 14.1. The second-order valence-electron chi connectivity index (χ2n) is 16.0. The lowest BCUT2D eigenvalue weighted by molar-refractivity contribution is 0.365. The molecule has 0 amide bonds. The number of rotatable bonds is 42. The van der Waals surface area contributed by atoms with E-state index in [-0.39, 0.29) is 0 Å². The van der Waals surface area contributed by atoms with Crippen molar-refractivity contribution in [3.05, 3.63) is 0 Å². The van der Waals surface area contributed by atoms with Crippen LogP contribution in [0.5, 0.6) is 0 Å². The van der Waals surface area contributed by atoms with Gasteiger partial charge in [-0.2, -0.15) is 0 Å². The van der Waals surface area contributed by atoms with Crippen molar-refractivity contribution < 1.29 is 0 Å². The zero-order chi connectivity index (χ0) is 33.3. The summed E-state index contributed by atoms with van der Waals surface area (Å²) in [6.07, 6.45) is 62.3. The molecule has 278 valence electrons. The van der Waals surface area contributed by atoms with E-state index in [0.29, 0.717) is 0 Å². The first kappa shape index (κ1) is 46.0. The molecule has 0 radical (unpaired) electrons. The molecule has 1 unspecified atom stereocenters. The quantitative estimate of drug-likeness (QED) is 0.0579. The van der Waals surface area contributed by atoms with Crippen LogP contribution in [-0.2, 0) is 0 Å². The van der Waals surface area contributed by atoms with E-state index in [2.05, 4.69) is 20.8 Å². The molecule has 0 saturated carbocycles. The van der Waals surface area contributed by atoms with Crippen LogP contribution in [0.4, 0.5) is 0 Å². The van der Waals surface area contributed by atoms with Gasteiger partial charge in [-0.15, -0.1) is 0 Å². The molecular weight excluding hydrogens is 553 g/mol. The van der Waals surface area contributed by atoms with Gasteiger partial charge in [-0.25, -0.2) is 0 Å². The van der Waals surface area contributed by atoms with Crippen molar-refractivity contribution >= 4 is 0 Å². The molecule has 0 saturated heterocycles. The fourth-order valence-corrected chi connectivity index (χ4v) is 7.79. The molecule has 0 aromatic carbocycles. The van der Waals surface area contributed by atoms with Crippen molar-refractivity contribution in [2.75, 3.05) is 0 Å². The molecule has 0 spiro atoms. The van der Waals surface area contributed by atoms with E-state index in [4.69, 9.17) is 0 Å². The summed E-state index contributed by atoms with van der Waals surface area (Å²) >= 11 is 0. The Bertz CT molecular complexity index is 494. The Kier molecular flexibility index (Phi) is 43.0. The minimum absolute atomic E-state index is 1.04. The summed E-state index contributed by atoms with van der Waals surface area (Å²) in [5.41, 5.74) is 0. The summed E-state index contributed by atoms with van der Waals surface area (Å²) in [6, 6.07) is 0. The number of unbranched alkanes of at least 4 members (excludes halogenated alkanes) is 36. The lowest BCUT2D eigenvalue weighted by atomic mass is 9.89. The van der Waals surface area contributed by atoms with Crippen LogP contribution >= 0.6 is 0 Å². The van der Waals surface area contributed by atoms with Gasteiger partial charge >= 0.3 is 0 Å². The van der Waals surface area contributed by atoms with Crippen LogP contribution in [0.3, 0.4) is 0 Å². The standard InChI is InChI=1S/C46H94/c1-4-7-10-13-16-19-22-24-26-28-30-33-36-39-42-45-46(43-40-37-34-31-21-18-15-12-9-6-3)44-41-38-35-32-29-27-25-23-20-17-14-11-8-5-2/h46H,4-45H2,1-3H3. The van der Waals surface area contributed by atoms with Crippen molar-refractivity contribution in [1.82, 2.24) is 0 Å².